The molecule has 0 fully saturated rings. The van der Waals surface area contributed by atoms with Crippen LogP contribution < -0.4 is 10.5 Å². The van der Waals surface area contributed by atoms with Gasteiger partial charge in [0, 0.05) is 10.3 Å². The number of hydrogen-bond acceptors (Lipinski definition) is 5. The van der Waals surface area contributed by atoms with Gasteiger partial charge in [0.2, 0.25) is 10.0 Å². The maximum atomic E-state index is 11.7. The first-order valence-electron chi connectivity index (χ1n) is 4.89. The van der Waals surface area contributed by atoms with Crippen molar-refractivity contribution in [2.24, 2.45) is 5.14 Å². The third-order valence-corrected chi connectivity index (χ3v) is 5.38. The van der Waals surface area contributed by atoms with Crippen molar-refractivity contribution in [2.75, 3.05) is 0 Å². The third kappa shape index (κ3) is 3.16. The molecule has 2 aromatic heterocycles. The second-order valence-corrected chi connectivity index (χ2v) is 7.19. The second kappa shape index (κ2) is 5.19. The summed E-state index contributed by atoms with van der Waals surface area (Å²) in [5, 5.41) is 11.1. The summed E-state index contributed by atoms with van der Waals surface area (Å²) in [4.78, 5) is 12.8. The van der Waals surface area contributed by atoms with Crippen LogP contribution >= 0.6 is 22.7 Å². The molecule has 0 unspecified atom stereocenters. The van der Waals surface area contributed by atoms with Crippen LogP contribution in [0.25, 0.3) is 0 Å². The molecule has 0 bridgehead atoms. The number of thiophene rings is 2. The van der Waals surface area contributed by atoms with E-state index in [1.807, 2.05) is 17.5 Å². The lowest BCUT2D eigenvalue weighted by Gasteiger charge is -2.00. The monoisotopic (exact) mass is 302 g/mol. The van der Waals surface area contributed by atoms with Gasteiger partial charge in [-0.25, -0.2) is 13.6 Å². The zero-order valence-electron chi connectivity index (χ0n) is 9.12. The number of hydrogen-bond donors (Lipinski definition) is 2. The minimum Gasteiger partial charge on any atom is -0.347 e. The number of nitrogens with one attached hydrogen (secondary N) is 1. The predicted octanol–water partition coefficient (Wildman–Crippen LogP) is 1.39. The number of primary sulfonamides is 1. The molecule has 2 heterocycles. The number of rotatable bonds is 4. The Morgan fingerprint density at radius 2 is 2.17 bits per heavy atom. The van der Waals surface area contributed by atoms with Crippen molar-refractivity contribution in [1.29, 1.82) is 0 Å². The van der Waals surface area contributed by atoms with E-state index in [1.54, 1.807) is 11.3 Å². The Hall–Kier alpha value is -1.22. The van der Waals surface area contributed by atoms with Crippen LogP contribution in [0.5, 0.6) is 0 Å². The van der Waals surface area contributed by atoms with E-state index in [9.17, 15) is 13.2 Å². The topological polar surface area (TPSA) is 89.3 Å². The van der Waals surface area contributed by atoms with Crippen LogP contribution in [-0.2, 0) is 16.6 Å². The molecular weight excluding hydrogens is 292 g/mol. The third-order valence-electron chi connectivity index (χ3n) is 2.12. The number of amides is 1. The van der Waals surface area contributed by atoms with Gasteiger partial charge in [-0.15, -0.1) is 22.7 Å². The van der Waals surface area contributed by atoms with Crippen molar-refractivity contribution in [2.45, 2.75) is 10.8 Å². The summed E-state index contributed by atoms with van der Waals surface area (Å²) in [5.41, 5.74) is 0.306. The summed E-state index contributed by atoms with van der Waals surface area (Å²) in [7, 11) is -3.73. The van der Waals surface area contributed by atoms with Gasteiger partial charge in [-0.05, 0) is 17.5 Å². The van der Waals surface area contributed by atoms with Gasteiger partial charge in [-0.3, -0.25) is 4.79 Å². The summed E-state index contributed by atoms with van der Waals surface area (Å²) in [6.07, 6.45) is 0. The van der Waals surface area contributed by atoms with Gasteiger partial charge in [0.15, 0.2) is 0 Å². The van der Waals surface area contributed by atoms with Crippen molar-refractivity contribution in [3.8, 4) is 0 Å². The van der Waals surface area contributed by atoms with Crippen LogP contribution in [0.2, 0.25) is 0 Å². The van der Waals surface area contributed by atoms with E-state index >= 15 is 0 Å². The van der Waals surface area contributed by atoms with Crippen molar-refractivity contribution in [3.05, 3.63) is 39.4 Å². The van der Waals surface area contributed by atoms with E-state index in [1.165, 1.54) is 11.4 Å². The lowest BCUT2D eigenvalue weighted by Crippen LogP contribution is -2.21. The fourth-order valence-electron chi connectivity index (χ4n) is 1.27. The largest absolute Gasteiger partial charge is 0.347 e. The molecule has 5 nitrogen and oxygen atoms in total. The van der Waals surface area contributed by atoms with Crippen molar-refractivity contribution in [3.63, 3.8) is 0 Å². The van der Waals surface area contributed by atoms with E-state index in [0.717, 1.165) is 16.2 Å². The quantitative estimate of drug-likeness (QED) is 0.894. The molecule has 0 aliphatic heterocycles. The minimum absolute atomic E-state index is 0.0104. The van der Waals surface area contributed by atoms with Gasteiger partial charge in [0.05, 0.1) is 12.1 Å². The summed E-state index contributed by atoms with van der Waals surface area (Å²) in [6.45, 7) is 0.428. The molecular formula is C10H10N2O3S3. The van der Waals surface area contributed by atoms with Crippen LogP contribution in [-0.4, -0.2) is 14.3 Å². The molecule has 0 radical (unpaired) electrons. The van der Waals surface area contributed by atoms with Gasteiger partial charge in [0.1, 0.15) is 4.21 Å². The molecule has 8 heteroatoms. The first-order valence-corrected chi connectivity index (χ1v) is 8.19. The van der Waals surface area contributed by atoms with Gasteiger partial charge in [-0.1, -0.05) is 6.07 Å². The number of nitrogens with two attached hydrogens (primary N) is 1. The average Bonchev–Trinajstić information content (AvgIpc) is 2.96. The Balaban J connectivity index is 2.03. The lowest BCUT2D eigenvalue weighted by molar-refractivity contribution is 0.0951. The molecule has 0 spiro atoms. The molecule has 18 heavy (non-hydrogen) atoms. The van der Waals surface area contributed by atoms with Crippen molar-refractivity contribution < 1.29 is 13.2 Å². The summed E-state index contributed by atoms with van der Waals surface area (Å²) in [5.74, 6) is -0.311. The smallest absolute Gasteiger partial charge is 0.252 e. The number of carbonyl (C=O) groups excluding carboxylic acids is 1. The van der Waals surface area contributed by atoms with Crippen molar-refractivity contribution in [1.82, 2.24) is 5.32 Å². The number of sulfonamides is 1. The summed E-state index contributed by atoms with van der Waals surface area (Å²) >= 11 is 2.48. The van der Waals surface area contributed by atoms with Crippen LogP contribution in [0.4, 0.5) is 0 Å². The van der Waals surface area contributed by atoms with Gasteiger partial charge in [0.25, 0.3) is 5.91 Å². The Labute approximate surface area is 112 Å². The molecule has 96 valence electrons. The normalized spacial score (nSPS) is 11.4. The van der Waals surface area contributed by atoms with Gasteiger partial charge in [-0.2, -0.15) is 0 Å². The maximum absolute atomic E-state index is 11.7. The van der Waals surface area contributed by atoms with Crippen LogP contribution in [0.1, 0.15) is 15.2 Å². The standard InChI is InChI=1S/C10H10N2O3S3/c11-18(14,15)9-4-7(6-17-9)10(13)12-5-8-2-1-3-16-8/h1-4,6H,5H2,(H,12,13)(H2,11,14,15). The van der Waals surface area contributed by atoms with E-state index in [0.29, 0.717) is 12.1 Å². The Morgan fingerprint density at radius 1 is 1.39 bits per heavy atom. The average molecular weight is 302 g/mol. The fraction of sp³-hybridized carbons (Fsp3) is 0.100. The zero-order valence-corrected chi connectivity index (χ0v) is 11.6. The lowest BCUT2D eigenvalue weighted by atomic mass is 10.3. The first kappa shape index (κ1) is 13.2. The molecule has 3 N–H and O–H groups in total. The Bertz CT molecular complexity index is 644. The van der Waals surface area contributed by atoms with E-state index < -0.39 is 10.0 Å². The highest BCUT2D eigenvalue weighted by Gasteiger charge is 2.14. The van der Waals surface area contributed by atoms with Crippen LogP contribution in [0.15, 0.2) is 33.2 Å². The van der Waals surface area contributed by atoms with Gasteiger partial charge < -0.3 is 5.32 Å². The highest BCUT2D eigenvalue weighted by molar-refractivity contribution is 7.91. The molecule has 2 rings (SSSR count). The van der Waals surface area contributed by atoms with E-state index in [2.05, 4.69) is 5.32 Å². The van der Waals surface area contributed by atoms with E-state index in [-0.39, 0.29) is 10.1 Å². The minimum atomic E-state index is -3.73. The predicted molar refractivity (Wildman–Crippen MR) is 71.2 cm³/mol. The highest BCUT2D eigenvalue weighted by atomic mass is 32.2. The van der Waals surface area contributed by atoms with Gasteiger partial charge >= 0.3 is 0 Å². The molecule has 0 aliphatic carbocycles. The second-order valence-electron chi connectivity index (χ2n) is 3.46. The Kier molecular flexibility index (Phi) is 3.81. The van der Waals surface area contributed by atoms with Crippen LogP contribution in [0.3, 0.4) is 0 Å². The molecule has 0 atom stereocenters. The maximum Gasteiger partial charge on any atom is 0.252 e. The van der Waals surface area contributed by atoms with Crippen LogP contribution in [0, 0.1) is 0 Å². The molecule has 0 saturated heterocycles. The molecule has 0 aromatic carbocycles. The highest BCUT2D eigenvalue weighted by Crippen LogP contribution is 2.18. The SMILES string of the molecule is NS(=O)(=O)c1cc(C(=O)NCc2cccs2)cs1. The summed E-state index contributed by atoms with van der Waals surface area (Å²) < 4.78 is 22.1. The summed E-state index contributed by atoms with van der Waals surface area (Å²) in [6, 6.07) is 5.09. The first-order chi connectivity index (χ1) is 8.47. The Morgan fingerprint density at radius 3 is 2.72 bits per heavy atom. The molecule has 2 aromatic rings. The fourth-order valence-corrected chi connectivity index (χ4v) is 3.50. The number of carbonyl (C=O) groups is 1. The van der Waals surface area contributed by atoms with E-state index in [4.69, 9.17) is 5.14 Å². The molecule has 0 aliphatic rings. The molecule has 0 saturated carbocycles. The zero-order chi connectivity index (χ0) is 13.2. The molecule has 1 amide bonds. The van der Waals surface area contributed by atoms with Crippen molar-refractivity contribution >= 4 is 38.6 Å².